The van der Waals surface area contributed by atoms with Gasteiger partial charge in [0.15, 0.2) is 5.96 Å². The van der Waals surface area contributed by atoms with Gasteiger partial charge in [-0.3, -0.25) is 4.99 Å². The van der Waals surface area contributed by atoms with Gasteiger partial charge in [-0.1, -0.05) is 60.7 Å². The first-order valence-corrected chi connectivity index (χ1v) is 5.92. The minimum atomic E-state index is 0.131. The van der Waals surface area contributed by atoms with Crippen molar-refractivity contribution >= 4 is 5.96 Å². The van der Waals surface area contributed by atoms with Crippen LogP contribution in [0.15, 0.2) is 65.7 Å². The minimum absolute atomic E-state index is 0.131. The van der Waals surface area contributed by atoms with Gasteiger partial charge in [-0.2, -0.15) is 0 Å². The normalized spacial score (nSPS) is 10.3. The lowest BCUT2D eigenvalue weighted by atomic mass is 9.91. The van der Waals surface area contributed by atoms with E-state index in [1.54, 1.807) is 0 Å². The third-order valence-electron chi connectivity index (χ3n) is 2.86. The van der Waals surface area contributed by atoms with Gasteiger partial charge in [-0.15, -0.1) is 0 Å². The van der Waals surface area contributed by atoms with E-state index in [0.717, 1.165) is 0 Å². The lowest BCUT2D eigenvalue weighted by molar-refractivity contribution is 0.818. The lowest BCUT2D eigenvalue weighted by Gasteiger charge is -2.15. The maximum atomic E-state index is 5.42. The van der Waals surface area contributed by atoms with Crippen LogP contribution in [0, 0.1) is 0 Å². The Labute approximate surface area is 107 Å². The molecule has 3 nitrogen and oxygen atoms in total. The van der Waals surface area contributed by atoms with Crippen LogP contribution >= 0.6 is 0 Å². The van der Waals surface area contributed by atoms with Crippen LogP contribution in [0.3, 0.4) is 0 Å². The van der Waals surface area contributed by atoms with E-state index in [9.17, 15) is 0 Å². The number of rotatable bonds is 4. The molecule has 18 heavy (non-hydrogen) atoms. The second-order valence-electron chi connectivity index (χ2n) is 4.14. The summed E-state index contributed by atoms with van der Waals surface area (Å²) < 4.78 is 0. The molecule has 0 atom stereocenters. The Morgan fingerprint density at radius 2 is 1.28 bits per heavy atom. The smallest absolute Gasteiger partial charge is 0.185 e. The Balaban J connectivity index is 2.32. The maximum Gasteiger partial charge on any atom is 0.185 e. The fourth-order valence-electron chi connectivity index (χ4n) is 1.97. The third-order valence-corrected chi connectivity index (χ3v) is 2.86. The molecule has 2 aromatic rings. The van der Waals surface area contributed by atoms with Crippen molar-refractivity contribution in [1.82, 2.24) is 0 Å². The summed E-state index contributed by atoms with van der Waals surface area (Å²) in [5.41, 5.74) is 13.3. The van der Waals surface area contributed by atoms with Crippen molar-refractivity contribution in [2.24, 2.45) is 16.5 Å². The lowest BCUT2D eigenvalue weighted by Crippen LogP contribution is -2.24. The highest BCUT2D eigenvalue weighted by Gasteiger charge is 2.12. The van der Waals surface area contributed by atoms with Gasteiger partial charge in [0.25, 0.3) is 0 Å². The van der Waals surface area contributed by atoms with Gasteiger partial charge in [-0.25, -0.2) is 0 Å². The molecule has 3 heteroatoms. The second-order valence-corrected chi connectivity index (χ2v) is 4.14. The molecule has 0 aliphatic rings. The molecule has 0 saturated heterocycles. The number of guanidine groups is 1. The summed E-state index contributed by atoms with van der Waals surface area (Å²) in [6, 6.07) is 20.5. The molecule has 0 bridgehead atoms. The van der Waals surface area contributed by atoms with Crippen molar-refractivity contribution < 1.29 is 0 Å². The quantitative estimate of drug-likeness (QED) is 0.634. The molecule has 0 unspecified atom stereocenters. The molecule has 0 aliphatic heterocycles. The number of nitrogens with zero attached hydrogens (tertiary/aromatic N) is 1. The van der Waals surface area contributed by atoms with E-state index in [1.807, 2.05) is 36.4 Å². The first-order valence-electron chi connectivity index (χ1n) is 5.92. The molecule has 0 radical (unpaired) electrons. The first-order chi connectivity index (χ1) is 8.77. The highest BCUT2D eigenvalue weighted by molar-refractivity contribution is 5.75. The summed E-state index contributed by atoms with van der Waals surface area (Å²) >= 11 is 0. The van der Waals surface area contributed by atoms with Crippen LogP contribution in [0.1, 0.15) is 17.0 Å². The molecule has 0 fully saturated rings. The molecule has 4 N–H and O–H groups in total. The van der Waals surface area contributed by atoms with Crippen molar-refractivity contribution in [2.45, 2.75) is 5.92 Å². The minimum Gasteiger partial charge on any atom is -0.370 e. The monoisotopic (exact) mass is 239 g/mol. The molecular formula is C15H17N3. The fourth-order valence-corrected chi connectivity index (χ4v) is 1.97. The predicted octanol–water partition coefficient (Wildman–Crippen LogP) is 2.09. The summed E-state index contributed by atoms with van der Waals surface area (Å²) in [4.78, 5) is 4.15. The van der Waals surface area contributed by atoms with E-state index in [-0.39, 0.29) is 11.9 Å². The molecule has 2 aromatic carbocycles. The third kappa shape index (κ3) is 3.10. The maximum absolute atomic E-state index is 5.42. The highest BCUT2D eigenvalue weighted by atomic mass is 15.0. The zero-order valence-corrected chi connectivity index (χ0v) is 10.2. The molecule has 0 spiro atoms. The zero-order valence-electron chi connectivity index (χ0n) is 10.2. The molecule has 0 aromatic heterocycles. The number of hydrogen-bond donors (Lipinski definition) is 2. The number of aliphatic imine (C=N–C) groups is 1. The number of benzene rings is 2. The van der Waals surface area contributed by atoms with Crippen LogP contribution in [0.5, 0.6) is 0 Å². The van der Waals surface area contributed by atoms with E-state index >= 15 is 0 Å². The van der Waals surface area contributed by atoms with Gasteiger partial charge in [0.1, 0.15) is 0 Å². The van der Waals surface area contributed by atoms with Gasteiger partial charge >= 0.3 is 0 Å². The van der Waals surface area contributed by atoms with Gasteiger partial charge in [0, 0.05) is 5.92 Å². The summed E-state index contributed by atoms with van der Waals surface area (Å²) in [6.45, 7) is 0.566. The summed E-state index contributed by atoms with van der Waals surface area (Å²) in [6.07, 6.45) is 0. The largest absolute Gasteiger partial charge is 0.370 e. The van der Waals surface area contributed by atoms with Crippen LogP contribution < -0.4 is 11.5 Å². The predicted molar refractivity (Wildman–Crippen MR) is 75.4 cm³/mol. The van der Waals surface area contributed by atoms with Crippen molar-refractivity contribution in [3.63, 3.8) is 0 Å². The van der Waals surface area contributed by atoms with Crippen LogP contribution in [0.4, 0.5) is 0 Å². The summed E-state index contributed by atoms with van der Waals surface area (Å²) in [7, 11) is 0. The second kappa shape index (κ2) is 5.87. The van der Waals surface area contributed by atoms with E-state index in [1.165, 1.54) is 11.1 Å². The Morgan fingerprint density at radius 3 is 1.67 bits per heavy atom. The average Bonchev–Trinajstić information content (AvgIpc) is 2.41. The van der Waals surface area contributed by atoms with Gasteiger partial charge < -0.3 is 11.5 Å². The van der Waals surface area contributed by atoms with Crippen LogP contribution in [0.25, 0.3) is 0 Å². The Kier molecular flexibility index (Phi) is 3.97. The van der Waals surface area contributed by atoms with Crippen LogP contribution in [-0.2, 0) is 0 Å². The van der Waals surface area contributed by atoms with E-state index < -0.39 is 0 Å². The van der Waals surface area contributed by atoms with E-state index in [2.05, 4.69) is 29.3 Å². The molecule has 0 heterocycles. The van der Waals surface area contributed by atoms with Gasteiger partial charge in [0.05, 0.1) is 6.54 Å². The topological polar surface area (TPSA) is 64.4 Å². The van der Waals surface area contributed by atoms with Crippen LogP contribution in [0.2, 0.25) is 0 Å². The Hall–Kier alpha value is -2.29. The van der Waals surface area contributed by atoms with E-state index in [0.29, 0.717) is 6.54 Å². The van der Waals surface area contributed by atoms with Crippen molar-refractivity contribution in [2.75, 3.05) is 6.54 Å². The molecule has 0 aliphatic carbocycles. The molecule has 92 valence electrons. The molecule has 0 amide bonds. The molecule has 2 rings (SSSR count). The highest BCUT2D eigenvalue weighted by Crippen LogP contribution is 2.24. The number of hydrogen-bond acceptors (Lipinski definition) is 1. The van der Waals surface area contributed by atoms with Gasteiger partial charge in [-0.05, 0) is 11.1 Å². The Morgan fingerprint density at radius 1 is 0.833 bits per heavy atom. The standard InChI is InChI=1S/C15H17N3/c16-15(17)18-11-14(12-7-3-1-4-8-12)13-9-5-2-6-10-13/h1-10,14H,11H2,(H4,16,17,18). The fraction of sp³-hybridized carbons (Fsp3) is 0.133. The van der Waals surface area contributed by atoms with Gasteiger partial charge in [0.2, 0.25) is 0 Å². The SMILES string of the molecule is NC(N)=NCC(c1ccccc1)c1ccccc1. The number of nitrogens with two attached hydrogens (primary N) is 2. The molecule has 0 saturated carbocycles. The summed E-state index contributed by atoms with van der Waals surface area (Å²) in [5, 5.41) is 0. The first kappa shape index (κ1) is 12.2. The van der Waals surface area contributed by atoms with Crippen LogP contribution in [-0.4, -0.2) is 12.5 Å². The Bertz CT molecular complexity index is 462. The van der Waals surface area contributed by atoms with Crippen molar-refractivity contribution in [3.8, 4) is 0 Å². The van der Waals surface area contributed by atoms with Crippen molar-refractivity contribution in [3.05, 3.63) is 71.8 Å². The average molecular weight is 239 g/mol. The van der Waals surface area contributed by atoms with E-state index in [4.69, 9.17) is 11.5 Å². The summed E-state index contributed by atoms with van der Waals surface area (Å²) in [5.74, 6) is 0.321. The van der Waals surface area contributed by atoms with Crippen molar-refractivity contribution in [1.29, 1.82) is 0 Å². The zero-order chi connectivity index (χ0) is 12.8. The molecular weight excluding hydrogens is 222 g/mol.